The van der Waals surface area contributed by atoms with Gasteiger partial charge in [0.15, 0.2) is 0 Å². The molecule has 0 unspecified atom stereocenters. The van der Waals surface area contributed by atoms with Gasteiger partial charge >= 0.3 is 5.97 Å². The molecule has 0 bridgehead atoms. The summed E-state index contributed by atoms with van der Waals surface area (Å²) in [6.07, 6.45) is 0.108. The molecule has 2 aromatic rings. The number of esters is 1. The molecule has 1 aromatic heterocycles. The third kappa shape index (κ3) is 5.01. The lowest BCUT2D eigenvalue weighted by molar-refractivity contribution is -0.145. The molecule has 0 saturated heterocycles. The normalized spacial score (nSPS) is 12.0. The maximum atomic E-state index is 11.8. The molecule has 4 nitrogen and oxygen atoms in total. The van der Waals surface area contributed by atoms with Gasteiger partial charge in [-0.05, 0) is 23.3 Å². The maximum absolute atomic E-state index is 11.8. The van der Waals surface area contributed by atoms with E-state index in [1.165, 1.54) is 0 Å². The van der Waals surface area contributed by atoms with Gasteiger partial charge in [0.1, 0.15) is 16.9 Å². The number of benzene rings is 1. The summed E-state index contributed by atoms with van der Waals surface area (Å²) >= 11 is 11.5. The molecule has 0 fully saturated rings. The highest BCUT2D eigenvalue weighted by atomic mass is 35.5. The number of pyridine rings is 1. The van der Waals surface area contributed by atoms with Crippen molar-refractivity contribution in [3.05, 3.63) is 63.9 Å². The standard InChI is InChI=1S/C15H14Cl2N2O2/c16-13-6-10(7-14(17)19-13)9-21-15(20)8-12(18)11-4-2-1-3-5-11/h1-7,12H,8-9,18H2/t12-/m0/s1. The van der Waals surface area contributed by atoms with Crippen LogP contribution >= 0.6 is 23.2 Å². The van der Waals surface area contributed by atoms with Crippen molar-refractivity contribution in [2.24, 2.45) is 5.73 Å². The van der Waals surface area contributed by atoms with E-state index in [4.69, 9.17) is 33.7 Å². The number of carbonyl (C=O) groups excluding carboxylic acids is 1. The lowest BCUT2D eigenvalue weighted by atomic mass is 10.1. The number of nitrogens with zero attached hydrogens (tertiary/aromatic N) is 1. The molecule has 2 N–H and O–H groups in total. The number of nitrogens with two attached hydrogens (primary N) is 1. The van der Waals surface area contributed by atoms with Crippen molar-refractivity contribution in [2.75, 3.05) is 0 Å². The van der Waals surface area contributed by atoms with Crippen molar-refractivity contribution in [1.29, 1.82) is 0 Å². The molecular weight excluding hydrogens is 311 g/mol. The highest BCUT2D eigenvalue weighted by molar-refractivity contribution is 6.32. The van der Waals surface area contributed by atoms with E-state index in [1.807, 2.05) is 30.3 Å². The van der Waals surface area contributed by atoms with Crippen molar-refractivity contribution >= 4 is 29.2 Å². The average Bonchev–Trinajstić information content (AvgIpc) is 2.45. The molecular formula is C15H14Cl2N2O2. The Morgan fingerprint density at radius 2 is 1.81 bits per heavy atom. The summed E-state index contributed by atoms with van der Waals surface area (Å²) in [5, 5.41) is 0.518. The number of halogens is 2. The summed E-state index contributed by atoms with van der Waals surface area (Å²) in [4.78, 5) is 15.6. The molecule has 1 atom stereocenters. The first kappa shape index (κ1) is 15.8. The molecule has 0 aliphatic carbocycles. The zero-order chi connectivity index (χ0) is 15.2. The minimum absolute atomic E-state index is 0.0856. The SMILES string of the molecule is N[C@@H](CC(=O)OCc1cc(Cl)nc(Cl)c1)c1ccccc1. The number of ether oxygens (including phenoxy) is 1. The van der Waals surface area contributed by atoms with E-state index in [0.29, 0.717) is 5.56 Å². The second kappa shape index (κ2) is 7.41. The van der Waals surface area contributed by atoms with Crippen molar-refractivity contribution in [1.82, 2.24) is 4.98 Å². The number of rotatable bonds is 5. The van der Waals surface area contributed by atoms with Crippen LogP contribution in [0.3, 0.4) is 0 Å². The van der Waals surface area contributed by atoms with E-state index in [2.05, 4.69) is 4.98 Å². The van der Waals surface area contributed by atoms with Crippen molar-refractivity contribution in [3.8, 4) is 0 Å². The Hall–Kier alpha value is -1.62. The van der Waals surface area contributed by atoms with Crippen LogP contribution in [-0.2, 0) is 16.1 Å². The molecule has 6 heteroatoms. The first-order valence-electron chi connectivity index (χ1n) is 6.32. The van der Waals surface area contributed by atoms with Crippen molar-refractivity contribution in [2.45, 2.75) is 19.1 Å². The first-order valence-corrected chi connectivity index (χ1v) is 7.08. The first-order chi connectivity index (χ1) is 10.0. The molecule has 2 rings (SSSR count). The van der Waals surface area contributed by atoms with E-state index in [0.717, 1.165) is 5.56 Å². The number of carbonyl (C=O) groups is 1. The highest BCUT2D eigenvalue weighted by Crippen LogP contribution is 2.17. The maximum Gasteiger partial charge on any atom is 0.308 e. The fourth-order valence-corrected chi connectivity index (χ4v) is 2.32. The molecule has 21 heavy (non-hydrogen) atoms. The monoisotopic (exact) mass is 324 g/mol. The van der Waals surface area contributed by atoms with Gasteiger partial charge in [0.2, 0.25) is 0 Å². The van der Waals surface area contributed by atoms with Gasteiger partial charge < -0.3 is 10.5 Å². The Morgan fingerprint density at radius 3 is 2.43 bits per heavy atom. The topological polar surface area (TPSA) is 65.2 Å². The minimum Gasteiger partial charge on any atom is -0.461 e. The fourth-order valence-electron chi connectivity index (χ4n) is 1.82. The average molecular weight is 325 g/mol. The van der Waals surface area contributed by atoms with Crippen LogP contribution in [0.5, 0.6) is 0 Å². The Kier molecular flexibility index (Phi) is 5.56. The van der Waals surface area contributed by atoms with E-state index < -0.39 is 0 Å². The molecule has 1 heterocycles. The summed E-state index contributed by atoms with van der Waals surface area (Å²) < 4.78 is 5.17. The third-order valence-electron chi connectivity index (χ3n) is 2.84. The van der Waals surface area contributed by atoms with Gasteiger partial charge in [-0.1, -0.05) is 53.5 Å². The van der Waals surface area contributed by atoms with E-state index in [9.17, 15) is 4.79 Å². The molecule has 0 radical (unpaired) electrons. The minimum atomic E-state index is -0.386. The number of aromatic nitrogens is 1. The molecule has 110 valence electrons. The number of hydrogen-bond acceptors (Lipinski definition) is 4. The van der Waals surface area contributed by atoms with Gasteiger partial charge in [-0.15, -0.1) is 0 Å². The van der Waals surface area contributed by atoms with Crippen LogP contribution in [0.25, 0.3) is 0 Å². The van der Waals surface area contributed by atoms with Crippen LogP contribution in [0.15, 0.2) is 42.5 Å². The molecule has 1 aromatic carbocycles. The molecule has 0 spiro atoms. The van der Waals surface area contributed by atoms with E-state index in [-0.39, 0.29) is 35.3 Å². The fraction of sp³-hybridized carbons (Fsp3) is 0.200. The van der Waals surface area contributed by atoms with Gasteiger partial charge in [-0.2, -0.15) is 0 Å². The van der Waals surface area contributed by atoms with E-state index >= 15 is 0 Å². The van der Waals surface area contributed by atoms with Gasteiger partial charge in [-0.25, -0.2) is 4.98 Å². The Balaban J connectivity index is 1.87. The summed E-state index contributed by atoms with van der Waals surface area (Å²) in [5.74, 6) is -0.379. The molecule has 0 amide bonds. The summed E-state index contributed by atoms with van der Waals surface area (Å²) in [6, 6.07) is 12.2. The zero-order valence-corrected chi connectivity index (χ0v) is 12.6. The lowest BCUT2D eigenvalue weighted by Gasteiger charge is -2.11. The van der Waals surface area contributed by atoms with Crippen LogP contribution in [-0.4, -0.2) is 11.0 Å². The van der Waals surface area contributed by atoms with Crippen LogP contribution in [0.4, 0.5) is 0 Å². The van der Waals surface area contributed by atoms with Gasteiger partial charge in [0, 0.05) is 6.04 Å². The second-order valence-electron chi connectivity index (χ2n) is 4.50. The summed E-state index contributed by atoms with van der Waals surface area (Å²) in [7, 11) is 0. The second-order valence-corrected chi connectivity index (χ2v) is 5.28. The van der Waals surface area contributed by atoms with Gasteiger partial charge in [-0.3, -0.25) is 4.79 Å². The molecule has 0 aliphatic rings. The van der Waals surface area contributed by atoms with Crippen molar-refractivity contribution in [3.63, 3.8) is 0 Å². The Morgan fingerprint density at radius 1 is 1.19 bits per heavy atom. The predicted molar refractivity (Wildman–Crippen MR) is 82.0 cm³/mol. The third-order valence-corrected chi connectivity index (χ3v) is 3.22. The van der Waals surface area contributed by atoms with Crippen LogP contribution in [0, 0.1) is 0 Å². The van der Waals surface area contributed by atoms with Crippen LogP contribution < -0.4 is 5.73 Å². The number of hydrogen-bond donors (Lipinski definition) is 1. The highest BCUT2D eigenvalue weighted by Gasteiger charge is 2.13. The van der Waals surface area contributed by atoms with Crippen LogP contribution in [0.2, 0.25) is 10.3 Å². The van der Waals surface area contributed by atoms with Gasteiger partial charge in [0.05, 0.1) is 6.42 Å². The van der Waals surface area contributed by atoms with E-state index in [1.54, 1.807) is 12.1 Å². The Labute approximate surface area is 132 Å². The van der Waals surface area contributed by atoms with Crippen LogP contribution in [0.1, 0.15) is 23.6 Å². The Bertz CT molecular complexity index is 600. The predicted octanol–water partition coefficient (Wildman–Crippen LogP) is 3.52. The van der Waals surface area contributed by atoms with Gasteiger partial charge in [0.25, 0.3) is 0 Å². The van der Waals surface area contributed by atoms with Crippen molar-refractivity contribution < 1.29 is 9.53 Å². The molecule has 0 saturated carbocycles. The molecule has 0 aliphatic heterocycles. The lowest BCUT2D eigenvalue weighted by Crippen LogP contribution is -2.17. The smallest absolute Gasteiger partial charge is 0.308 e. The summed E-state index contributed by atoms with van der Waals surface area (Å²) in [6.45, 7) is 0.0856. The zero-order valence-electron chi connectivity index (χ0n) is 11.1. The quantitative estimate of drug-likeness (QED) is 0.675. The largest absolute Gasteiger partial charge is 0.461 e. The summed E-state index contributed by atoms with van der Waals surface area (Å²) in [5.41, 5.74) is 7.54.